The minimum atomic E-state index is -0.218. The number of ketones is 1. The quantitative estimate of drug-likeness (QED) is 0.248. The van der Waals surface area contributed by atoms with Gasteiger partial charge < -0.3 is 4.74 Å². The average Bonchev–Trinajstić information content (AvgIpc) is 2.29. The maximum Gasteiger partial charge on any atom is 0.185 e. The molecule has 0 amide bonds. The molecule has 1 aromatic rings. The molecule has 0 aliphatic heterocycles. The highest BCUT2D eigenvalue weighted by atomic mass is 16.5. The molecule has 1 rings (SSSR count). The van der Waals surface area contributed by atoms with Crippen molar-refractivity contribution in [2.75, 3.05) is 7.11 Å². The largest absolute Gasteiger partial charge is 0.497 e. The zero-order valence-electron chi connectivity index (χ0n) is 8.12. The second kappa shape index (κ2) is 5.47. The summed E-state index contributed by atoms with van der Waals surface area (Å²) in [5.41, 5.74) is 8.51. The number of carbonyl (C=O) groups is 1. The van der Waals surface area contributed by atoms with Crippen molar-refractivity contribution in [3.05, 3.63) is 52.5 Å². The van der Waals surface area contributed by atoms with E-state index in [1.54, 1.807) is 31.4 Å². The van der Waals surface area contributed by atoms with E-state index in [1.807, 2.05) is 0 Å². The van der Waals surface area contributed by atoms with Gasteiger partial charge in [-0.05, 0) is 35.9 Å². The number of nitrogens with zero attached hydrogens (tertiary/aromatic N) is 3. The van der Waals surface area contributed by atoms with Gasteiger partial charge >= 0.3 is 0 Å². The van der Waals surface area contributed by atoms with Gasteiger partial charge in [0.25, 0.3) is 0 Å². The minimum Gasteiger partial charge on any atom is -0.497 e. The third kappa shape index (κ3) is 3.17. The van der Waals surface area contributed by atoms with Gasteiger partial charge in [-0.1, -0.05) is 5.11 Å². The third-order valence-corrected chi connectivity index (χ3v) is 1.72. The van der Waals surface area contributed by atoms with Gasteiger partial charge in [-0.3, -0.25) is 4.79 Å². The van der Waals surface area contributed by atoms with E-state index in [2.05, 4.69) is 10.0 Å². The number of hydrogen-bond acceptors (Lipinski definition) is 3. The van der Waals surface area contributed by atoms with Crippen LogP contribution in [0.3, 0.4) is 0 Å². The molecule has 0 bridgehead atoms. The highest BCUT2D eigenvalue weighted by Crippen LogP contribution is 2.11. The number of allylic oxidation sites excluding steroid dienone is 1. The molecule has 0 saturated heterocycles. The molecular formula is C10H9N3O2. The monoisotopic (exact) mass is 203 g/mol. The van der Waals surface area contributed by atoms with Crippen LogP contribution >= 0.6 is 0 Å². The van der Waals surface area contributed by atoms with Crippen molar-refractivity contribution >= 4 is 5.78 Å². The fourth-order valence-electron chi connectivity index (χ4n) is 0.982. The molecule has 0 atom stereocenters. The summed E-state index contributed by atoms with van der Waals surface area (Å²) in [6.07, 6.45) is 2.33. The third-order valence-electron chi connectivity index (χ3n) is 1.72. The summed E-state index contributed by atoms with van der Waals surface area (Å²) in [5, 5.41) is 3.13. The van der Waals surface area contributed by atoms with Crippen LogP contribution in [0.4, 0.5) is 0 Å². The van der Waals surface area contributed by atoms with E-state index in [-0.39, 0.29) is 5.78 Å². The van der Waals surface area contributed by atoms with Crippen LogP contribution in [0.25, 0.3) is 10.4 Å². The first-order chi connectivity index (χ1) is 7.27. The summed E-state index contributed by atoms with van der Waals surface area (Å²) in [6.45, 7) is 0. The van der Waals surface area contributed by atoms with E-state index in [9.17, 15) is 4.79 Å². The number of methoxy groups -OCH3 is 1. The fraction of sp³-hybridized carbons (Fsp3) is 0.100. The van der Waals surface area contributed by atoms with Gasteiger partial charge in [0.15, 0.2) is 5.78 Å². The molecule has 0 aromatic heterocycles. The molecule has 0 N–H and O–H groups in total. The first-order valence-corrected chi connectivity index (χ1v) is 4.17. The first-order valence-electron chi connectivity index (χ1n) is 4.17. The predicted octanol–water partition coefficient (Wildman–Crippen LogP) is 2.70. The molecule has 0 spiro atoms. The fourth-order valence-corrected chi connectivity index (χ4v) is 0.982. The van der Waals surface area contributed by atoms with E-state index in [1.165, 1.54) is 6.08 Å². The van der Waals surface area contributed by atoms with E-state index in [0.29, 0.717) is 11.3 Å². The number of ether oxygens (including phenoxy) is 1. The zero-order chi connectivity index (χ0) is 11.1. The van der Waals surface area contributed by atoms with Gasteiger partial charge in [-0.25, -0.2) is 0 Å². The van der Waals surface area contributed by atoms with Crippen LogP contribution in [-0.2, 0) is 0 Å². The normalized spacial score (nSPS) is 9.67. The van der Waals surface area contributed by atoms with Gasteiger partial charge in [-0.2, -0.15) is 0 Å². The maximum atomic E-state index is 11.4. The van der Waals surface area contributed by atoms with E-state index in [0.717, 1.165) is 6.20 Å². The van der Waals surface area contributed by atoms with Crippen molar-refractivity contribution in [1.82, 2.24) is 0 Å². The smallest absolute Gasteiger partial charge is 0.185 e. The van der Waals surface area contributed by atoms with Crippen molar-refractivity contribution in [2.45, 2.75) is 0 Å². The number of azide groups is 1. The lowest BCUT2D eigenvalue weighted by Crippen LogP contribution is -1.93. The van der Waals surface area contributed by atoms with Crippen LogP contribution in [0.5, 0.6) is 5.75 Å². The lowest BCUT2D eigenvalue weighted by molar-refractivity contribution is 0.104. The van der Waals surface area contributed by atoms with Crippen LogP contribution in [0, 0.1) is 0 Å². The standard InChI is InChI=1S/C10H9N3O2/c1-15-9-4-2-8(3-5-9)10(14)6-7-12-13-11/h2-7H,1H3/b7-6+. The van der Waals surface area contributed by atoms with Gasteiger partial charge in [0.1, 0.15) is 5.75 Å². The number of benzene rings is 1. The molecule has 0 heterocycles. The van der Waals surface area contributed by atoms with Crippen molar-refractivity contribution in [3.63, 3.8) is 0 Å². The van der Waals surface area contributed by atoms with E-state index < -0.39 is 0 Å². The van der Waals surface area contributed by atoms with Gasteiger partial charge in [-0.15, -0.1) is 0 Å². The summed E-state index contributed by atoms with van der Waals surface area (Å²) in [5.74, 6) is 0.468. The summed E-state index contributed by atoms with van der Waals surface area (Å²) in [7, 11) is 1.55. The van der Waals surface area contributed by atoms with Crippen LogP contribution in [0.15, 0.2) is 41.7 Å². The van der Waals surface area contributed by atoms with Crippen molar-refractivity contribution in [3.8, 4) is 5.75 Å². The molecule has 0 radical (unpaired) electrons. The molecule has 5 heteroatoms. The van der Waals surface area contributed by atoms with Crippen LogP contribution in [0.2, 0.25) is 0 Å². The molecular weight excluding hydrogens is 194 g/mol. The van der Waals surface area contributed by atoms with Crippen LogP contribution < -0.4 is 4.74 Å². The summed E-state index contributed by atoms with van der Waals surface area (Å²) < 4.78 is 4.95. The number of carbonyl (C=O) groups excluding carboxylic acids is 1. The highest BCUT2D eigenvalue weighted by molar-refractivity contribution is 6.04. The Hall–Kier alpha value is -2.26. The molecule has 5 nitrogen and oxygen atoms in total. The van der Waals surface area contributed by atoms with Crippen LogP contribution in [0.1, 0.15) is 10.4 Å². The molecule has 0 unspecified atom stereocenters. The Bertz CT molecular complexity index is 417. The minimum absolute atomic E-state index is 0.218. The summed E-state index contributed by atoms with van der Waals surface area (Å²) in [4.78, 5) is 13.9. The Kier molecular flexibility index (Phi) is 3.94. The molecule has 0 fully saturated rings. The summed E-state index contributed by atoms with van der Waals surface area (Å²) in [6, 6.07) is 6.66. The molecule has 0 saturated carbocycles. The predicted molar refractivity (Wildman–Crippen MR) is 55.6 cm³/mol. The van der Waals surface area contributed by atoms with Crippen molar-refractivity contribution in [1.29, 1.82) is 0 Å². The van der Waals surface area contributed by atoms with E-state index in [4.69, 9.17) is 10.3 Å². The molecule has 15 heavy (non-hydrogen) atoms. The second-order valence-corrected chi connectivity index (χ2v) is 2.61. The SMILES string of the molecule is COc1ccc(C(=O)/C=C/N=[N+]=[N-])cc1. The number of hydrogen-bond donors (Lipinski definition) is 0. The lowest BCUT2D eigenvalue weighted by atomic mass is 10.1. The van der Waals surface area contributed by atoms with Crippen molar-refractivity contribution < 1.29 is 9.53 Å². The Morgan fingerprint density at radius 2 is 2.13 bits per heavy atom. The molecule has 1 aromatic carbocycles. The second-order valence-electron chi connectivity index (χ2n) is 2.61. The Balaban J connectivity index is 2.78. The zero-order valence-corrected chi connectivity index (χ0v) is 8.12. The molecule has 76 valence electrons. The van der Waals surface area contributed by atoms with E-state index >= 15 is 0 Å². The van der Waals surface area contributed by atoms with Crippen LogP contribution in [-0.4, -0.2) is 12.9 Å². The topological polar surface area (TPSA) is 75.1 Å². The lowest BCUT2D eigenvalue weighted by Gasteiger charge is -1.99. The highest BCUT2D eigenvalue weighted by Gasteiger charge is 2.00. The first kappa shape index (κ1) is 10.8. The number of rotatable bonds is 4. The van der Waals surface area contributed by atoms with Gasteiger partial charge in [0.05, 0.1) is 7.11 Å². The van der Waals surface area contributed by atoms with Gasteiger partial charge in [0.2, 0.25) is 0 Å². The van der Waals surface area contributed by atoms with Gasteiger partial charge in [0, 0.05) is 16.7 Å². The Morgan fingerprint density at radius 1 is 1.47 bits per heavy atom. The molecule has 0 aliphatic carbocycles. The van der Waals surface area contributed by atoms with Crippen molar-refractivity contribution in [2.24, 2.45) is 5.11 Å². The molecule has 0 aliphatic rings. The Labute approximate surface area is 86.6 Å². The Morgan fingerprint density at radius 3 is 2.67 bits per heavy atom. The maximum absolute atomic E-state index is 11.4. The average molecular weight is 203 g/mol. The summed E-state index contributed by atoms with van der Waals surface area (Å²) >= 11 is 0.